The highest BCUT2D eigenvalue weighted by atomic mass is 32.1. The maximum atomic E-state index is 11.8. The van der Waals surface area contributed by atoms with Crippen LogP contribution < -0.4 is 11.1 Å². The van der Waals surface area contributed by atoms with Crippen molar-refractivity contribution in [2.24, 2.45) is 11.7 Å². The summed E-state index contributed by atoms with van der Waals surface area (Å²) in [6, 6.07) is 0. The fourth-order valence-corrected chi connectivity index (χ4v) is 2.37. The number of amides is 1. The molecule has 3 N–H and O–H groups in total. The number of thiazole rings is 1. The van der Waals surface area contributed by atoms with Crippen LogP contribution in [-0.2, 0) is 4.79 Å². The lowest BCUT2D eigenvalue weighted by molar-refractivity contribution is -0.124. The zero-order valence-electron chi connectivity index (χ0n) is 10.5. The van der Waals surface area contributed by atoms with E-state index in [0.29, 0.717) is 13.1 Å². The molecule has 2 atom stereocenters. The molecule has 1 amide bonds. The fourth-order valence-electron chi connectivity index (χ4n) is 1.67. The van der Waals surface area contributed by atoms with E-state index in [0.717, 1.165) is 17.8 Å². The second kappa shape index (κ2) is 7.40. The molecule has 0 aliphatic heterocycles. The second-order valence-electron chi connectivity index (χ2n) is 4.24. The van der Waals surface area contributed by atoms with Gasteiger partial charge < -0.3 is 11.1 Å². The number of carbonyl (C=O) groups is 1. The zero-order valence-corrected chi connectivity index (χ0v) is 11.3. The van der Waals surface area contributed by atoms with E-state index in [1.165, 1.54) is 0 Å². The molecule has 0 bridgehead atoms. The number of nitrogens with zero attached hydrogens (tertiary/aromatic N) is 1. The maximum Gasteiger partial charge on any atom is 0.224 e. The number of nitrogens with two attached hydrogens (primary N) is 1. The normalized spacial score (nSPS) is 14.3. The Hall–Kier alpha value is -0.940. The molecule has 1 aromatic heterocycles. The molecular weight excluding hydrogens is 234 g/mol. The molecule has 0 radical (unpaired) electrons. The summed E-state index contributed by atoms with van der Waals surface area (Å²) in [5.74, 6) is 0.278. The van der Waals surface area contributed by atoms with Gasteiger partial charge in [0.2, 0.25) is 5.91 Å². The summed E-state index contributed by atoms with van der Waals surface area (Å²) < 4.78 is 0. The van der Waals surface area contributed by atoms with Crippen molar-refractivity contribution < 1.29 is 4.79 Å². The van der Waals surface area contributed by atoms with Crippen molar-refractivity contribution >= 4 is 17.2 Å². The van der Waals surface area contributed by atoms with Crippen LogP contribution in [0.25, 0.3) is 0 Å². The molecule has 1 aromatic rings. The first kappa shape index (κ1) is 14.1. The van der Waals surface area contributed by atoms with Crippen molar-refractivity contribution in [2.75, 3.05) is 13.1 Å². The monoisotopic (exact) mass is 255 g/mol. The molecule has 0 saturated heterocycles. The Labute approximate surface area is 107 Å². The van der Waals surface area contributed by atoms with E-state index in [-0.39, 0.29) is 17.7 Å². The Bertz CT molecular complexity index is 327. The number of nitrogens with one attached hydrogen (secondary N) is 1. The molecule has 1 heterocycles. The summed E-state index contributed by atoms with van der Waals surface area (Å²) in [6.07, 6.45) is 3.63. The quantitative estimate of drug-likeness (QED) is 0.780. The van der Waals surface area contributed by atoms with E-state index in [9.17, 15) is 4.79 Å². The van der Waals surface area contributed by atoms with Crippen molar-refractivity contribution in [3.63, 3.8) is 0 Å². The smallest absolute Gasteiger partial charge is 0.224 e. The van der Waals surface area contributed by atoms with Gasteiger partial charge >= 0.3 is 0 Å². The van der Waals surface area contributed by atoms with Gasteiger partial charge in [-0.2, -0.15) is 0 Å². The van der Waals surface area contributed by atoms with Gasteiger partial charge in [0.25, 0.3) is 0 Å². The van der Waals surface area contributed by atoms with Crippen LogP contribution in [0.3, 0.4) is 0 Å². The SMILES string of the molecule is CCCC(CN)C(=O)NCC(C)c1nccs1. The van der Waals surface area contributed by atoms with Gasteiger partial charge in [-0.3, -0.25) is 4.79 Å². The lowest BCUT2D eigenvalue weighted by atomic mass is 10.0. The van der Waals surface area contributed by atoms with Crippen LogP contribution in [0, 0.1) is 5.92 Å². The van der Waals surface area contributed by atoms with Gasteiger partial charge in [0.15, 0.2) is 0 Å². The highest BCUT2D eigenvalue weighted by Gasteiger charge is 2.17. The predicted molar refractivity (Wildman–Crippen MR) is 71.0 cm³/mol. The molecule has 96 valence electrons. The van der Waals surface area contributed by atoms with Crippen molar-refractivity contribution in [2.45, 2.75) is 32.6 Å². The van der Waals surface area contributed by atoms with Gasteiger partial charge in [0.05, 0.1) is 10.9 Å². The molecule has 17 heavy (non-hydrogen) atoms. The summed E-state index contributed by atoms with van der Waals surface area (Å²) in [7, 11) is 0. The minimum Gasteiger partial charge on any atom is -0.355 e. The topological polar surface area (TPSA) is 68.0 Å². The van der Waals surface area contributed by atoms with Gasteiger partial charge in [0, 0.05) is 30.6 Å². The van der Waals surface area contributed by atoms with Crippen LogP contribution >= 0.6 is 11.3 Å². The van der Waals surface area contributed by atoms with Gasteiger partial charge in [-0.25, -0.2) is 4.98 Å². The van der Waals surface area contributed by atoms with E-state index in [1.54, 1.807) is 17.5 Å². The highest BCUT2D eigenvalue weighted by Crippen LogP contribution is 2.16. The molecule has 5 heteroatoms. The number of hydrogen-bond donors (Lipinski definition) is 2. The third-order valence-electron chi connectivity index (χ3n) is 2.75. The Balaban J connectivity index is 2.37. The van der Waals surface area contributed by atoms with Crippen molar-refractivity contribution in [3.05, 3.63) is 16.6 Å². The second-order valence-corrected chi connectivity index (χ2v) is 5.16. The minimum atomic E-state index is -0.0523. The average Bonchev–Trinajstić information content (AvgIpc) is 2.86. The predicted octanol–water partition coefficient (Wildman–Crippen LogP) is 1.74. The molecular formula is C12H21N3OS. The first-order valence-corrected chi connectivity index (χ1v) is 6.94. The van der Waals surface area contributed by atoms with E-state index in [2.05, 4.69) is 24.1 Å². The minimum absolute atomic E-state index is 0.0523. The lowest BCUT2D eigenvalue weighted by Gasteiger charge is -2.15. The molecule has 0 aliphatic rings. The largest absolute Gasteiger partial charge is 0.355 e. The van der Waals surface area contributed by atoms with E-state index >= 15 is 0 Å². The molecule has 0 aromatic carbocycles. The van der Waals surface area contributed by atoms with E-state index in [4.69, 9.17) is 5.73 Å². The molecule has 0 aliphatic carbocycles. The van der Waals surface area contributed by atoms with E-state index in [1.807, 2.05) is 5.38 Å². The van der Waals surface area contributed by atoms with Gasteiger partial charge in [-0.15, -0.1) is 11.3 Å². The Morgan fingerprint density at radius 3 is 2.94 bits per heavy atom. The van der Waals surface area contributed by atoms with Crippen LogP contribution in [0.4, 0.5) is 0 Å². The molecule has 2 unspecified atom stereocenters. The van der Waals surface area contributed by atoms with Crippen LogP contribution in [-0.4, -0.2) is 24.0 Å². The first-order chi connectivity index (χ1) is 8.19. The summed E-state index contributed by atoms with van der Waals surface area (Å²) >= 11 is 1.62. The first-order valence-electron chi connectivity index (χ1n) is 6.06. The Morgan fingerprint density at radius 1 is 1.65 bits per heavy atom. The molecule has 0 saturated carbocycles. The molecule has 4 nitrogen and oxygen atoms in total. The van der Waals surface area contributed by atoms with Gasteiger partial charge in [-0.05, 0) is 6.42 Å². The Morgan fingerprint density at radius 2 is 2.41 bits per heavy atom. The van der Waals surface area contributed by atoms with Gasteiger partial charge in [0.1, 0.15) is 0 Å². The summed E-state index contributed by atoms with van der Waals surface area (Å²) in [4.78, 5) is 16.1. The fraction of sp³-hybridized carbons (Fsp3) is 0.667. The molecule has 0 spiro atoms. The average molecular weight is 255 g/mol. The summed E-state index contributed by atoms with van der Waals surface area (Å²) in [6.45, 7) is 5.18. The standard InChI is InChI=1S/C12H21N3OS/c1-3-4-10(7-13)11(16)15-8-9(2)12-14-5-6-17-12/h5-6,9-10H,3-4,7-8,13H2,1-2H3,(H,15,16). The third kappa shape index (κ3) is 4.44. The zero-order chi connectivity index (χ0) is 12.7. The number of hydrogen-bond acceptors (Lipinski definition) is 4. The summed E-state index contributed by atoms with van der Waals surface area (Å²) in [5.41, 5.74) is 5.59. The van der Waals surface area contributed by atoms with Crippen molar-refractivity contribution in [1.82, 2.24) is 10.3 Å². The summed E-state index contributed by atoms with van der Waals surface area (Å²) in [5, 5.41) is 5.97. The van der Waals surface area contributed by atoms with Crippen LogP contribution in [0.15, 0.2) is 11.6 Å². The van der Waals surface area contributed by atoms with Crippen LogP contribution in [0.2, 0.25) is 0 Å². The lowest BCUT2D eigenvalue weighted by Crippen LogP contribution is -2.36. The molecule has 0 fully saturated rings. The van der Waals surface area contributed by atoms with Crippen LogP contribution in [0.5, 0.6) is 0 Å². The Kier molecular flexibility index (Phi) is 6.15. The molecule has 1 rings (SSSR count). The highest BCUT2D eigenvalue weighted by molar-refractivity contribution is 7.09. The van der Waals surface area contributed by atoms with Crippen LogP contribution in [0.1, 0.15) is 37.6 Å². The number of aromatic nitrogens is 1. The van der Waals surface area contributed by atoms with E-state index < -0.39 is 0 Å². The number of rotatable bonds is 7. The van der Waals surface area contributed by atoms with Gasteiger partial charge in [-0.1, -0.05) is 20.3 Å². The maximum absolute atomic E-state index is 11.8. The van der Waals surface area contributed by atoms with Crippen molar-refractivity contribution in [3.8, 4) is 0 Å². The van der Waals surface area contributed by atoms with Crippen molar-refractivity contribution in [1.29, 1.82) is 0 Å². The third-order valence-corrected chi connectivity index (χ3v) is 3.75. The number of carbonyl (C=O) groups excluding carboxylic acids is 1.